The van der Waals surface area contributed by atoms with Gasteiger partial charge in [0.1, 0.15) is 31.0 Å². The number of allylic oxidation sites excluding steroid dienone is 1. The highest BCUT2D eigenvalue weighted by Crippen LogP contribution is 2.39. The molecule has 3 heterocycles. The number of carbonyl (C=O) groups excluding carboxylic acids is 9. The summed E-state index contributed by atoms with van der Waals surface area (Å²) in [5.74, 6) is -3.90. The minimum atomic E-state index is -1.09. The Morgan fingerprint density at radius 2 is 1.50 bits per heavy atom. The molecule has 0 bridgehead atoms. The van der Waals surface area contributed by atoms with Crippen molar-refractivity contribution in [3.05, 3.63) is 89.6 Å². The lowest BCUT2D eigenvalue weighted by molar-refractivity contribution is -0.143. The van der Waals surface area contributed by atoms with Gasteiger partial charge in [-0.15, -0.1) is 0 Å². The van der Waals surface area contributed by atoms with E-state index in [0.29, 0.717) is 55.6 Å². The maximum absolute atomic E-state index is 14.6. The lowest BCUT2D eigenvalue weighted by Gasteiger charge is -2.39. The summed E-state index contributed by atoms with van der Waals surface area (Å²) in [4.78, 5) is 129. The number of likely N-dealkylation sites (tertiary alicyclic amines) is 2. The molecule has 25 nitrogen and oxygen atoms in total. The van der Waals surface area contributed by atoms with Crippen LogP contribution in [0.25, 0.3) is 0 Å². The average molecular weight is 1370 g/mol. The number of aliphatic hydroxyl groups excluding tert-OH is 2. The van der Waals surface area contributed by atoms with Crippen LogP contribution in [0.2, 0.25) is 0 Å². The monoisotopic (exact) mass is 1370 g/mol. The molecule has 14 atom stereocenters. The minimum absolute atomic E-state index is 0.0512. The van der Waals surface area contributed by atoms with Gasteiger partial charge in [-0.1, -0.05) is 136 Å². The molecular weight excluding hydrogens is 1250 g/mol. The van der Waals surface area contributed by atoms with Crippen LogP contribution in [0.1, 0.15) is 170 Å². The number of methoxy groups -OCH3 is 2. The number of hydrogen-bond donors (Lipinski definition) is 9. The van der Waals surface area contributed by atoms with Crippen molar-refractivity contribution in [2.24, 2.45) is 40.7 Å². The summed E-state index contributed by atoms with van der Waals surface area (Å²) in [7, 11) is 6.62. The Kier molecular flexibility index (Phi) is 32.0. The Bertz CT molecular complexity index is 3020. The maximum Gasteiger partial charge on any atom is 0.410 e. The zero-order valence-corrected chi connectivity index (χ0v) is 60.6. The van der Waals surface area contributed by atoms with E-state index in [9.17, 15) is 53.4 Å². The Morgan fingerprint density at radius 1 is 0.816 bits per heavy atom. The van der Waals surface area contributed by atoms with Gasteiger partial charge in [-0.25, -0.2) is 9.59 Å². The highest BCUT2D eigenvalue weighted by molar-refractivity contribution is 5.98. The third kappa shape index (κ3) is 22.2. The molecule has 546 valence electrons. The van der Waals surface area contributed by atoms with Crippen LogP contribution in [-0.4, -0.2) is 192 Å². The summed E-state index contributed by atoms with van der Waals surface area (Å²) in [6.07, 6.45) is 7.60. The molecule has 3 aliphatic rings. The van der Waals surface area contributed by atoms with Crippen LogP contribution >= 0.6 is 0 Å². The van der Waals surface area contributed by atoms with Gasteiger partial charge in [0.15, 0.2) is 0 Å². The maximum atomic E-state index is 14.6. The quantitative estimate of drug-likeness (QED) is 0.0241. The lowest BCUT2D eigenvalue weighted by Crippen LogP contribution is -2.55. The summed E-state index contributed by atoms with van der Waals surface area (Å²) >= 11 is 0. The summed E-state index contributed by atoms with van der Waals surface area (Å²) in [5.41, 5.74) is 7.11. The number of likely N-dealkylation sites (N-methyl/N-ethyl adjacent to an activating group) is 2. The third-order valence-electron chi connectivity index (χ3n) is 19.5. The Labute approximate surface area is 580 Å². The van der Waals surface area contributed by atoms with Gasteiger partial charge in [0, 0.05) is 83.5 Å². The molecule has 0 spiro atoms. The molecule has 0 radical (unpaired) electrons. The van der Waals surface area contributed by atoms with Gasteiger partial charge in [0.25, 0.3) is 0 Å². The van der Waals surface area contributed by atoms with Crippen molar-refractivity contribution in [1.82, 2.24) is 46.2 Å². The Balaban J connectivity index is 1.15. The summed E-state index contributed by atoms with van der Waals surface area (Å²) in [6, 6.07) is 10.2. The van der Waals surface area contributed by atoms with Crippen LogP contribution in [0, 0.1) is 35.0 Å². The molecule has 0 saturated carbocycles. The number of nitrogens with zero attached hydrogens (tertiary/aromatic N) is 4. The summed E-state index contributed by atoms with van der Waals surface area (Å²) in [5, 5.41) is 39.1. The highest BCUT2D eigenvalue weighted by atomic mass is 16.6. The molecule has 2 saturated heterocycles. The molecule has 5 rings (SSSR count). The van der Waals surface area contributed by atoms with Crippen LogP contribution in [-0.2, 0) is 54.4 Å². The summed E-state index contributed by atoms with van der Waals surface area (Å²) < 4.78 is 18.0. The molecular formula is C73H115N11O14. The number of hydrogen-bond acceptors (Lipinski definition) is 15. The smallest absolute Gasteiger partial charge is 0.410 e. The van der Waals surface area contributed by atoms with Crippen molar-refractivity contribution >= 4 is 59.2 Å². The van der Waals surface area contributed by atoms with Gasteiger partial charge in [-0.2, -0.15) is 0 Å². The zero-order valence-electron chi connectivity index (χ0n) is 60.6. The van der Waals surface area contributed by atoms with Gasteiger partial charge >= 0.3 is 12.1 Å². The van der Waals surface area contributed by atoms with E-state index in [1.54, 1.807) is 66.2 Å². The van der Waals surface area contributed by atoms with Crippen molar-refractivity contribution in [3.63, 3.8) is 0 Å². The number of carbonyl (C=O) groups is 9. The van der Waals surface area contributed by atoms with Crippen LogP contribution in [0.15, 0.2) is 78.5 Å². The van der Waals surface area contributed by atoms with Crippen LogP contribution in [0.3, 0.4) is 0 Å². The van der Waals surface area contributed by atoms with E-state index < -0.39 is 90.0 Å². The molecule has 10 amide bonds. The van der Waals surface area contributed by atoms with E-state index in [-0.39, 0.29) is 111 Å². The topological polar surface area (TPSA) is 333 Å². The van der Waals surface area contributed by atoms with Crippen LogP contribution in [0.4, 0.5) is 15.3 Å². The molecule has 2 fully saturated rings. The number of aliphatic hydroxyl groups is 2. The van der Waals surface area contributed by atoms with Gasteiger partial charge < -0.3 is 76.8 Å². The standard InChI is InChI=1S/C73H115N11O14/c1-16-18-36-73(11)42-59(87)84(70(73)93)38-24-20-23-31-57(85)79-61(45(5)6)68(91)78-53(29-25-37-75-71(74)94)67(90)77-52-34-32-49(33-35-52)43-98-72(95)82(13)62(46(7)8)69(92)80-60(44(3)4)55-40-50(17-2)63(81(55)12)56(96-14)41-58(86)83-39-26-30-54(83)65(97-15)47(9)66(89)76-48(10)64(88)51-27-21-19-22-28-51/h18-19,21-22,27-28,32-36,40,44-48,50,53-54,56,60-65,70,88,93H,16-17,20,23-26,29-31,37-39,41-43H2,1-15H3,(H,76,89)(H,77,90)(H,78,91)(H,79,85)(H,80,92)(H3,74,75,94)/t47-,48-,50-,53+,54+,56-,60+,61+,62?,63+,64-,65-,70?,73?/m1/s1. The molecule has 25 heteroatoms. The first-order valence-corrected chi connectivity index (χ1v) is 35.1. The predicted octanol–water partition coefficient (Wildman–Crippen LogP) is 7.03. The van der Waals surface area contributed by atoms with Gasteiger partial charge in [0.05, 0.1) is 54.8 Å². The van der Waals surface area contributed by atoms with Crippen molar-refractivity contribution < 1.29 is 67.6 Å². The summed E-state index contributed by atoms with van der Waals surface area (Å²) in [6.45, 7) is 21.5. The fraction of sp³-hybridized carbons (Fsp3) is 0.658. The predicted molar refractivity (Wildman–Crippen MR) is 375 cm³/mol. The van der Waals surface area contributed by atoms with E-state index in [0.717, 1.165) is 25.0 Å². The zero-order chi connectivity index (χ0) is 72.7. The number of nitrogens with two attached hydrogens (primary N) is 1. The fourth-order valence-corrected chi connectivity index (χ4v) is 13.8. The number of benzene rings is 2. The number of primary amides is 1. The Hall–Kier alpha value is -7.61. The van der Waals surface area contributed by atoms with E-state index >= 15 is 0 Å². The molecule has 0 aromatic heterocycles. The van der Waals surface area contributed by atoms with E-state index in [1.165, 1.54) is 16.8 Å². The fourth-order valence-electron chi connectivity index (χ4n) is 13.8. The van der Waals surface area contributed by atoms with Crippen molar-refractivity contribution in [2.75, 3.05) is 53.3 Å². The highest BCUT2D eigenvalue weighted by Gasteiger charge is 2.47. The lowest BCUT2D eigenvalue weighted by atomic mass is 9.87. The first-order valence-electron chi connectivity index (χ1n) is 35.1. The minimum Gasteiger partial charge on any atom is -0.445 e. The number of unbranched alkanes of at least 4 members (excludes halogenated alkanes) is 2. The first-order chi connectivity index (χ1) is 46.4. The molecule has 0 aliphatic carbocycles. The van der Waals surface area contributed by atoms with Crippen LogP contribution < -0.4 is 37.6 Å². The number of urea groups is 1. The van der Waals surface area contributed by atoms with Crippen molar-refractivity contribution in [2.45, 2.75) is 227 Å². The molecule has 98 heavy (non-hydrogen) atoms. The molecule has 2 aromatic carbocycles. The normalized spacial score (nSPS) is 21.4. The van der Waals surface area contributed by atoms with Gasteiger partial charge in [-0.05, 0) is 99.3 Å². The van der Waals surface area contributed by atoms with Gasteiger partial charge in [0.2, 0.25) is 41.4 Å². The second-order valence-corrected chi connectivity index (χ2v) is 28.0. The molecule has 2 aromatic rings. The Morgan fingerprint density at radius 3 is 2.10 bits per heavy atom. The van der Waals surface area contributed by atoms with E-state index in [2.05, 4.69) is 49.8 Å². The largest absolute Gasteiger partial charge is 0.445 e. The third-order valence-corrected chi connectivity index (χ3v) is 19.5. The number of rotatable bonds is 38. The number of amides is 10. The molecule has 3 unspecified atom stereocenters. The molecule has 3 aliphatic heterocycles. The number of ether oxygens (including phenoxy) is 3. The number of anilines is 1. The first kappa shape index (κ1) is 81.1. The second-order valence-electron chi connectivity index (χ2n) is 28.0. The average Bonchev–Trinajstić information content (AvgIpc) is 1.63. The van der Waals surface area contributed by atoms with Gasteiger partial charge in [-0.3, -0.25) is 38.5 Å². The molecule has 10 N–H and O–H groups in total. The number of nitrogens with one attached hydrogen (secondary N) is 6. The second kappa shape index (κ2) is 38.7. The SMILES string of the molecule is CCC=CC1(C)CC(=O)N(CCCCCC(=O)N[C@H](C(=O)N[C@@H](CCCNC(N)=O)C(=O)Nc2ccc(COC(=O)N(C)C(C(=O)N[C@H](C3=C[C@@H](CC)[C@@H]([C@@H](CC(=O)N4CCC[C@H]4[C@H](OC)[C@@H](C)C(=O)N[C@H](C)[C@@H](O)c4ccccc4)OC)N3C)C(C)C)C(C)C)cc2)C(C)C)C1O. The van der Waals surface area contributed by atoms with E-state index in [4.69, 9.17) is 19.9 Å². The van der Waals surface area contributed by atoms with Crippen LogP contribution in [0.5, 0.6) is 0 Å². The van der Waals surface area contributed by atoms with Crippen molar-refractivity contribution in [3.8, 4) is 0 Å². The van der Waals surface area contributed by atoms with Crippen molar-refractivity contribution in [1.29, 1.82) is 0 Å². The van der Waals surface area contributed by atoms with E-state index in [1.807, 2.05) is 96.0 Å².